The standard InChI is InChI=1S/C22H32O/c1-2-3-4-5-6-7-8-9-10-11-14-19-17-18-22(23)21-16-13-12-15-20(19)21/h12-13,15-18,23H,2-11,14H2,1H3. The van der Waals surface area contributed by atoms with E-state index in [1.165, 1.54) is 75.2 Å². The molecule has 0 bridgehead atoms. The zero-order valence-electron chi connectivity index (χ0n) is 14.7. The maximum absolute atomic E-state index is 9.94. The summed E-state index contributed by atoms with van der Waals surface area (Å²) in [7, 11) is 0. The Bertz CT molecular complexity index is 573. The van der Waals surface area contributed by atoms with Gasteiger partial charge in [-0.3, -0.25) is 0 Å². The van der Waals surface area contributed by atoms with Crippen molar-refractivity contribution in [2.24, 2.45) is 0 Å². The summed E-state index contributed by atoms with van der Waals surface area (Å²) in [4.78, 5) is 0. The number of phenols is 1. The Morgan fingerprint density at radius 1 is 0.652 bits per heavy atom. The highest BCUT2D eigenvalue weighted by molar-refractivity contribution is 5.90. The number of hydrogen-bond donors (Lipinski definition) is 1. The van der Waals surface area contributed by atoms with Gasteiger partial charge in [0.2, 0.25) is 0 Å². The number of benzene rings is 2. The number of unbranched alkanes of at least 4 members (excludes halogenated alkanes) is 9. The molecule has 126 valence electrons. The van der Waals surface area contributed by atoms with E-state index in [9.17, 15) is 5.11 Å². The highest BCUT2D eigenvalue weighted by atomic mass is 16.3. The van der Waals surface area contributed by atoms with Gasteiger partial charge in [0.25, 0.3) is 0 Å². The molecule has 0 saturated heterocycles. The molecule has 0 aliphatic rings. The molecular weight excluding hydrogens is 280 g/mol. The molecule has 0 fully saturated rings. The second kappa shape index (κ2) is 10.3. The molecule has 0 saturated carbocycles. The van der Waals surface area contributed by atoms with Gasteiger partial charge in [-0.05, 0) is 29.9 Å². The molecule has 2 aromatic rings. The van der Waals surface area contributed by atoms with Gasteiger partial charge in [0.15, 0.2) is 0 Å². The molecule has 1 nitrogen and oxygen atoms in total. The van der Waals surface area contributed by atoms with Crippen molar-refractivity contribution in [3.05, 3.63) is 42.0 Å². The Morgan fingerprint density at radius 2 is 1.22 bits per heavy atom. The fourth-order valence-electron chi connectivity index (χ4n) is 3.37. The first-order valence-corrected chi connectivity index (χ1v) is 9.52. The van der Waals surface area contributed by atoms with Gasteiger partial charge in [0.05, 0.1) is 0 Å². The molecule has 0 unspecified atom stereocenters. The fraction of sp³-hybridized carbons (Fsp3) is 0.545. The summed E-state index contributed by atoms with van der Waals surface area (Å²) in [6.07, 6.45) is 14.9. The zero-order valence-corrected chi connectivity index (χ0v) is 14.7. The van der Waals surface area contributed by atoms with Crippen LogP contribution in [0.25, 0.3) is 10.8 Å². The Balaban J connectivity index is 1.65. The molecule has 0 amide bonds. The molecule has 2 aromatic carbocycles. The molecule has 0 aliphatic heterocycles. The van der Waals surface area contributed by atoms with Crippen LogP contribution in [0.3, 0.4) is 0 Å². The predicted molar refractivity (Wildman–Crippen MR) is 101 cm³/mol. The van der Waals surface area contributed by atoms with Crippen molar-refractivity contribution in [2.45, 2.75) is 77.6 Å². The summed E-state index contributed by atoms with van der Waals surface area (Å²) in [5.74, 6) is 0.396. The van der Waals surface area contributed by atoms with Gasteiger partial charge in [-0.2, -0.15) is 0 Å². The van der Waals surface area contributed by atoms with Gasteiger partial charge in [-0.25, -0.2) is 0 Å². The largest absolute Gasteiger partial charge is 0.507 e. The third-order valence-electron chi connectivity index (χ3n) is 4.79. The van der Waals surface area contributed by atoms with Crippen LogP contribution in [0.1, 0.15) is 76.7 Å². The van der Waals surface area contributed by atoms with Crippen molar-refractivity contribution in [1.82, 2.24) is 0 Å². The Hall–Kier alpha value is -1.50. The minimum absolute atomic E-state index is 0.396. The smallest absolute Gasteiger partial charge is 0.123 e. The molecule has 0 atom stereocenters. The van der Waals surface area contributed by atoms with Crippen molar-refractivity contribution in [3.8, 4) is 5.75 Å². The number of aryl methyl sites for hydroxylation is 1. The average molecular weight is 312 g/mol. The lowest BCUT2D eigenvalue weighted by Gasteiger charge is -2.08. The van der Waals surface area contributed by atoms with E-state index >= 15 is 0 Å². The zero-order chi connectivity index (χ0) is 16.3. The van der Waals surface area contributed by atoms with E-state index in [-0.39, 0.29) is 0 Å². The van der Waals surface area contributed by atoms with Crippen LogP contribution < -0.4 is 0 Å². The number of phenolic OH excluding ortho intramolecular Hbond substituents is 1. The number of rotatable bonds is 11. The fourth-order valence-corrected chi connectivity index (χ4v) is 3.37. The van der Waals surface area contributed by atoms with E-state index in [0.29, 0.717) is 5.75 Å². The molecule has 0 aromatic heterocycles. The minimum atomic E-state index is 0.396. The first kappa shape index (κ1) is 17.8. The van der Waals surface area contributed by atoms with Crippen LogP contribution >= 0.6 is 0 Å². The molecule has 0 spiro atoms. The average Bonchev–Trinajstić information content (AvgIpc) is 2.58. The van der Waals surface area contributed by atoms with Crippen LogP contribution in [0.5, 0.6) is 5.75 Å². The van der Waals surface area contributed by atoms with Crippen LogP contribution in [-0.2, 0) is 6.42 Å². The van der Waals surface area contributed by atoms with Gasteiger partial charge in [-0.15, -0.1) is 0 Å². The first-order chi connectivity index (χ1) is 11.3. The Morgan fingerprint density at radius 3 is 1.87 bits per heavy atom. The van der Waals surface area contributed by atoms with Gasteiger partial charge < -0.3 is 5.11 Å². The van der Waals surface area contributed by atoms with Crippen LogP contribution in [0.15, 0.2) is 36.4 Å². The second-order valence-corrected chi connectivity index (χ2v) is 6.72. The topological polar surface area (TPSA) is 20.2 Å². The molecule has 0 aliphatic carbocycles. The number of aromatic hydroxyl groups is 1. The molecule has 0 radical (unpaired) electrons. The second-order valence-electron chi connectivity index (χ2n) is 6.72. The summed E-state index contributed by atoms with van der Waals surface area (Å²) in [5.41, 5.74) is 1.37. The van der Waals surface area contributed by atoms with Crippen molar-refractivity contribution in [1.29, 1.82) is 0 Å². The van der Waals surface area contributed by atoms with Crippen molar-refractivity contribution in [3.63, 3.8) is 0 Å². The molecule has 0 heterocycles. The molecular formula is C22H32O. The van der Waals surface area contributed by atoms with Gasteiger partial charge >= 0.3 is 0 Å². The maximum atomic E-state index is 9.94. The molecule has 2 rings (SSSR count). The first-order valence-electron chi connectivity index (χ1n) is 9.52. The van der Waals surface area contributed by atoms with Crippen molar-refractivity contribution < 1.29 is 5.11 Å². The summed E-state index contributed by atoms with van der Waals surface area (Å²) in [6.45, 7) is 2.28. The highest BCUT2D eigenvalue weighted by Crippen LogP contribution is 2.28. The lowest BCUT2D eigenvalue weighted by Crippen LogP contribution is -1.89. The van der Waals surface area contributed by atoms with E-state index in [1.807, 2.05) is 18.2 Å². The lowest BCUT2D eigenvalue weighted by atomic mass is 9.98. The normalized spacial score (nSPS) is 11.2. The maximum Gasteiger partial charge on any atom is 0.123 e. The van der Waals surface area contributed by atoms with Crippen molar-refractivity contribution >= 4 is 10.8 Å². The van der Waals surface area contributed by atoms with Gasteiger partial charge in [-0.1, -0.05) is 95.0 Å². The Labute approximate surface area is 141 Å². The third kappa shape index (κ3) is 5.89. The summed E-state index contributed by atoms with van der Waals surface area (Å²) in [5, 5.41) is 12.1. The quantitative estimate of drug-likeness (QED) is 0.442. The predicted octanol–water partition coefficient (Wildman–Crippen LogP) is 7.01. The SMILES string of the molecule is CCCCCCCCCCCCc1ccc(O)c2ccccc12. The summed E-state index contributed by atoms with van der Waals surface area (Å²) in [6, 6.07) is 12.1. The van der Waals surface area contributed by atoms with Gasteiger partial charge in [0, 0.05) is 5.39 Å². The van der Waals surface area contributed by atoms with E-state index in [0.717, 1.165) is 11.8 Å². The van der Waals surface area contributed by atoms with Crippen LogP contribution in [0.2, 0.25) is 0 Å². The molecule has 1 heteroatoms. The monoisotopic (exact) mass is 312 g/mol. The van der Waals surface area contributed by atoms with E-state index < -0.39 is 0 Å². The minimum Gasteiger partial charge on any atom is -0.507 e. The van der Waals surface area contributed by atoms with E-state index in [1.54, 1.807) is 0 Å². The van der Waals surface area contributed by atoms with E-state index in [4.69, 9.17) is 0 Å². The van der Waals surface area contributed by atoms with E-state index in [2.05, 4.69) is 25.1 Å². The third-order valence-corrected chi connectivity index (χ3v) is 4.79. The summed E-state index contributed by atoms with van der Waals surface area (Å²) >= 11 is 0. The van der Waals surface area contributed by atoms with Crippen LogP contribution in [-0.4, -0.2) is 5.11 Å². The van der Waals surface area contributed by atoms with Gasteiger partial charge in [0.1, 0.15) is 5.75 Å². The lowest BCUT2D eigenvalue weighted by molar-refractivity contribution is 0.481. The summed E-state index contributed by atoms with van der Waals surface area (Å²) < 4.78 is 0. The van der Waals surface area contributed by atoms with Crippen LogP contribution in [0.4, 0.5) is 0 Å². The van der Waals surface area contributed by atoms with Crippen molar-refractivity contribution in [2.75, 3.05) is 0 Å². The molecule has 1 N–H and O–H groups in total. The Kier molecular flexibility index (Phi) is 8.00. The van der Waals surface area contributed by atoms with Crippen LogP contribution in [0, 0.1) is 0 Å². The number of hydrogen-bond acceptors (Lipinski definition) is 1. The number of fused-ring (bicyclic) bond motifs is 1. The molecule has 23 heavy (non-hydrogen) atoms. The highest BCUT2D eigenvalue weighted by Gasteiger charge is 2.04.